The Hall–Kier alpha value is -2.14. The highest BCUT2D eigenvalue weighted by Crippen LogP contribution is 2.29. The van der Waals surface area contributed by atoms with Crippen LogP contribution in [-0.2, 0) is 4.74 Å². The number of furan rings is 1. The van der Waals surface area contributed by atoms with Crippen LogP contribution in [0.3, 0.4) is 0 Å². The van der Waals surface area contributed by atoms with Crippen molar-refractivity contribution in [2.24, 2.45) is 0 Å². The van der Waals surface area contributed by atoms with Gasteiger partial charge < -0.3 is 9.15 Å². The average molecular weight is 283 g/mol. The number of halogens is 2. The van der Waals surface area contributed by atoms with Crippen LogP contribution in [0.15, 0.2) is 28.7 Å². The van der Waals surface area contributed by atoms with Gasteiger partial charge in [-0.2, -0.15) is 0 Å². The topological polar surface area (TPSA) is 56.5 Å². The Morgan fingerprint density at radius 2 is 2.16 bits per heavy atom. The molecule has 2 aromatic rings. The smallest absolute Gasteiger partial charge is 0.339 e. The Morgan fingerprint density at radius 3 is 2.74 bits per heavy atom. The molecule has 19 heavy (non-hydrogen) atoms. The lowest BCUT2D eigenvalue weighted by molar-refractivity contribution is 0.0600. The van der Waals surface area contributed by atoms with Gasteiger partial charge in [0.2, 0.25) is 0 Å². The quantitative estimate of drug-likeness (QED) is 0.640. The van der Waals surface area contributed by atoms with Crippen molar-refractivity contribution in [1.82, 2.24) is 0 Å². The number of carbonyl (C=O) groups is 2. The highest BCUT2D eigenvalue weighted by Gasteiger charge is 2.18. The van der Waals surface area contributed by atoms with Crippen LogP contribution in [0.5, 0.6) is 0 Å². The second-order valence-corrected chi connectivity index (χ2v) is 4.01. The first kappa shape index (κ1) is 13.3. The van der Waals surface area contributed by atoms with Crippen LogP contribution in [0.25, 0.3) is 11.3 Å². The van der Waals surface area contributed by atoms with Crippen LogP contribution in [0.1, 0.15) is 20.9 Å². The van der Waals surface area contributed by atoms with Crippen LogP contribution in [-0.4, -0.2) is 19.4 Å². The van der Waals surface area contributed by atoms with Crippen LogP contribution in [0.2, 0.25) is 5.02 Å². The zero-order valence-electron chi connectivity index (χ0n) is 9.78. The van der Waals surface area contributed by atoms with Crippen molar-refractivity contribution in [3.8, 4) is 11.3 Å². The molecular formula is C13H8ClFO4. The first-order valence-corrected chi connectivity index (χ1v) is 5.57. The van der Waals surface area contributed by atoms with E-state index in [1.165, 1.54) is 25.3 Å². The van der Waals surface area contributed by atoms with E-state index < -0.39 is 11.8 Å². The number of methoxy groups -OCH3 is 1. The lowest BCUT2D eigenvalue weighted by atomic mass is 10.1. The molecule has 1 aromatic carbocycles. The summed E-state index contributed by atoms with van der Waals surface area (Å²) in [4.78, 5) is 22.0. The van der Waals surface area contributed by atoms with Gasteiger partial charge in [0.1, 0.15) is 11.6 Å². The van der Waals surface area contributed by atoms with Gasteiger partial charge in [-0.15, -0.1) is 0 Å². The average Bonchev–Trinajstić information content (AvgIpc) is 2.89. The summed E-state index contributed by atoms with van der Waals surface area (Å²) < 4.78 is 23.3. The number of hydrogen-bond acceptors (Lipinski definition) is 4. The summed E-state index contributed by atoms with van der Waals surface area (Å²) in [5.41, 5.74) is 0.179. The fraction of sp³-hybridized carbons (Fsp3) is 0.0769. The van der Waals surface area contributed by atoms with E-state index >= 15 is 0 Å². The molecule has 98 valence electrons. The summed E-state index contributed by atoms with van der Waals surface area (Å²) in [5.74, 6) is -1.18. The molecule has 1 aromatic heterocycles. The summed E-state index contributed by atoms with van der Waals surface area (Å²) >= 11 is 5.70. The SMILES string of the molecule is COC(=O)c1cc(-c2ccc(C=O)o2)cc(F)c1Cl. The molecule has 0 N–H and O–H groups in total. The number of hydrogen-bond donors (Lipinski definition) is 0. The Kier molecular flexibility index (Phi) is 3.66. The second-order valence-electron chi connectivity index (χ2n) is 3.63. The first-order valence-electron chi connectivity index (χ1n) is 5.19. The third-order valence-corrected chi connectivity index (χ3v) is 2.85. The zero-order valence-corrected chi connectivity index (χ0v) is 10.5. The van der Waals surface area contributed by atoms with Crippen molar-refractivity contribution in [2.75, 3.05) is 7.11 Å². The normalized spacial score (nSPS) is 10.3. The molecule has 2 rings (SSSR count). The minimum atomic E-state index is -0.774. The standard InChI is InChI=1S/C13H8ClFO4/c1-18-13(17)9-4-7(5-10(15)12(9)14)11-3-2-8(6-16)19-11/h2-6H,1H3. The molecule has 0 radical (unpaired) electrons. The van der Waals surface area contributed by atoms with Crippen LogP contribution in [0.4, 0.5) is 4.39 Å². The van der Waals surface area contributed by atoms with Gasteiger partial charge >= 0.3 is 5.97 Å². The Morgan fingerprint density at radius 1 is 1.42 bits per heavy atom. The number of aldehydes is 1. The molecule has 0 bridgehead atoms. The number of esters is 1. The maximum Gasteiger partial charge on any atom is 0.339 e. The van der Waals surface area contributed by atoms with Gasteiger partial charge in [0, 0.05) is 5.56 Å². The molecule has 0 amide bonds. The second kappa shape index (κ2) is 5.24. The molecule has 6 heteroatoms. The van der Waals surface area contributed by atoms with Crippen LogP contribution < -0.4 is 0 Å². The molecule has 0 fully saturated rings. The maximum atomic E-state index is 13.7. The van der Waals surface area contributed by atoms with Gasteiger partial charge in [0.25, 0.3) is 0 Å². The minimum absolute atomic E-state index is 0.102. The van der Waals surface area contributed by atoms with Crippen molar-refractivity contribution in [3.05, 3.63) is 46.4 Å². The maximum absolute atomic E-state index is 13.7. The zero-order chi connectivity index (χ0) is 14.0. The van der Waals surface area contributed by atoms with E-state index in [2.05, 4.69) is 4.74 Å². The Labute approximate surface area is 112 Å². The van der Waals surface area contributed by atoms with Crippen molar-refractivity contribution >= 4 is 23.9 Å². The van der Waals surface area contributed by atoms with Crippen molar-refractivity contribution in [3.63, 3.8) is 0 Å². The number of carbonyl (C=O) groups excluding carboxylic acids is 2. The largest absolute Gasteiger partial charge is 0.465 e. The predicted molar refractivity (Wildman–Crippen MR) is 65.8 cm³/mol. The molecule has 0 aliphatic carbocycles. The first-order chi connectivity index (χ1) is 9.06. The van der Waals surface area contributed by atoms with Crippen molar-refractivity contribution in [1.29, 1.82) is 0 Å². The van der Waals surface area contributed by atoms with E-state index in [9.17, 15) is 14.0 Å². The van der Waals surface area contributed by atoms with Gasteiger partial charge in [-0.1, -0.05) is 11.6 Å². The lowest BCUT2D eigenvalue weighted by Crippen LogP contribution is -2.03. The van der Waals surface area contributed by atoms with E-state index in [-0.39, 0.29) is 27.7 Å². The highest BCUT2D eigenvalue weighted by atomic mass is 35.5. The molecule has 0 atom stereocenters. The molecule has 0 aliphatic rings. The van der Waals surface area contributed by atoms with Crippen molar-refractivity contribution in [2.45, 2.75) is 0 Å². The van der Waals surface area contributed by atoms with E-state index in [0.29, 0.717) is 6.29 Å². The summed E-state index contributed by atoms with van der Waals surface area (Å²) in [6.45, 7) is 0. The molecule has 0 aliphatic heterocycles. The predicted octanol–water partition coefficient (Wildman–Crippen LogP) is 3.34. The third-order valence-electron chi connectivity index (χ3n) is 2.46. The molecule has 0 saturated heterocycles. The Bertz CT molecular complexity index is 648. The summed E-state index contributed by atoms with van der Waals surface area (Å²) in [7, 11) is 1.17. The minimum Gasteiger partial charge on any atom is -0.465 e. The van der Waals surface area contributed by atoms with Crippen LogP contribution in [0, 0.1) is 5.82 Å². The van der Waals surface area contributed by atoms with Gasteiger partial charge in [0.05, 0.1) is 17.7 Å². The molecule has 0 unspecified atom stereocenters. The number of ether oxygens (including phenoxy) is 1. The lowest BCUT2D eigenvalue weighted by Gasteiger charge is -2.06. The monoisotopic (exact) mass is 282 g/mol. The molecular weight excluding hydrogens is 275 g/mol. The third kappa shape index (κ3) is 2.51. The van der Waals surface area contributed by atoms with Crippen molar-refractivity contribution < 1.29 is 23.1 Å². The Balaban J connectivity index is 2.55. The summed E-state index contributed by atoms with van der Waals surface area (Å²) in [6.07, 6.45) is 0.525. The molecule has 4 nitrogen and oxygen atoms in total. The molecule has 0 saturated carbocycles. The van der Waals surface area contributed by atoms with E-state index in [0.717, 1.165) is 6.07 Å². The number of benzene rings is 1. The fourth-order valence-corrected chi connectivity index (χ4v) is 1.75. The summed E-state index contributed by atoms with van der Waals surface area (Å²) in [6, 6.07) is 5.38. The van der Waals surface area contributed by atoms with E-state index in [1.54, 1.807) is 0 Å². The van der Waals surface area contributed by atoms with Gasteiger partial charge in [-0.25, -0.2) is 9.18 Å². The van der Waals surface area contributed by atoms with Gasteiger partial charge in [-0.05, 0) is 24.3 Å². The van der Waals surface area contributed by atoms with Gasteiger partial charge in [0.15, 0.2) is 12.0 Å². The number of rotatable bonds is 3. The molecule has 0 spiro atoms. The van der Waals surface area contributed by atoms with Crippen LogP contribution >= 0.6 is 11.6 Å². The van der Waals surface area contributed by atoms with E-state index in [1.807, 2.05) is 0 Å². The van der Waals surface area contributed by atoms with Gasteiger partial charge in [-0.3, -0.25) is 4.79 Å². The highest BCUT2D eigenvalue weighted by molar-refractivity contribution is 6.33. The molecule has 1 heterocycles. The fourth-order valence-electron chi connectivity index (χ4n) is 1.56. The summed E-state index contributed by atoms with van der Waals surface area (Å²) in [5, 5.41) is -0.322. The van der Waals surface area contributed by atoms with E-state index in [4.69, 9.17) is 16.0 Å².